The minimum atomic E-state index is -0.380. The fraction of sp³-hybridized carbons (Fsp3) is 0.333. The summed E-state index contributed by atoms with van der Waals surface area (Å²) in [5.74, 6) is -0.576. The Morgan fingerprint density at radius 1 is 1.33 bits per heavy atom. The summed E-state index contributed by atoms with van der Waals surface area (Å²) in [4.78, 5) is 25.8. The Morgan fingerprint density at radius 2 is 2.14 bits per heavy atom. The zero-order valence-corrected chi connectivity index (χ0v) is 13.6. The molecule has 0 atom stereocenters. The second kappa shape index (κ2) is 7.38. The van der Waals surface area contributed by atoms with Crippen LogP contribution in [0.2, 0.25) is 0 Å². The summed E-state index contributed by atoms with van der Waals surface area (Å²) in [7, 11) is 0. The second-order valence-corrected chi connectivity index (χ2v) is 6.46. The molecule has 0 fully saturated rings. The van der Waals surface area contributed by atoms with Gasteiger partial charge in [0.25, 0.3) is 5.91 Å². The lowest BCUT2D eigenvalue weighted by Gasteiger charge is -2.05. The maximum absolute atomic E-state index is 12.1. The van der Waals surface area contributed by atoms with Gasteiger partial charge in [0.05, 0.1) is 17.0 Å². The summed E-state index contributed by atoms with van der Waals surface area (Å²) in [5.41, 5.74) is 0.440. The monoisotopic (exact) mass is 323 g/mol. The number of nitrogens with one attached hydrogen (secondary N) is 1. The van der Waals surface area contributed by atoms with Crippen molar-refractivity contribution >= 4 is 39.6 Å². The molecule has 0 aromatic carbocycles. The summed E-state index contributed by atoms with van der Waals surface area (Å²) in [6.07, 6.45) is 1.58. The Hall–Kier alpha value is -1.66. The predicted octanol–water partition coefficient (Wildman–Crippen LogP) is 4.19. The van der Waals surface area contributed by atoms with E-state index >= 15 is 0 Å². The number of carbonyl (C=O) groups is 2. The first-order valence-electron chi connectivity index (χ1n) is 6.80. The van der Waals surface area contributed by atoms with E-state index in [-0.39, 0.29) is 11.9 Å². The first-order valence-corrected chi connectivity index (χ1v) is 8.50. The van der Waals surface area contributed by atoms with Crippen LogP contribution in [0.15, 0.2) is 23.6 Å². The molecule has 0 unspecified atom stereocenters. The standard InChI is InChI=1S/C15H17NO3S2/c1-3-7-19-15(18)11-9-10(4-2)21-14(11)16-13(17)12-6-5-8-20-12/h5-6,8-9H,3-4,7H2,1-2H3,(H,16,17). The highest BCUT2D eigenvalue weighted by Gasteiger charge is 2.19. The van der Waals surface area contributed by atoms with E-state index in [0.29, 0.717) is 22.0 Å². The molecule has 21 heavy (non-hydrogen) atoms. The Bertz CT molecular complexity index is 617. The fourth-order valence-electron chi connectivity index (χ4n) is 1.71. The van der Waals surface area contributed by atoms with Crippen LogP contribution >= 0.6 is 22.7 Å². The summed E-state index contributed by atoms with van der Waals surface area (Å²) in [6, 6.07) is 5.37. The summed E-state index contributed by atoms with van der Waals surface area (Å²) in [5, 5.41) is 5.22. The Labute approximate surface area is 131 Å². The van der Waals surface area contributed by atoms with Crippen molar-refractivity contribution in [2.75, 3.05) is 11.9 Å². The molecule has 1 N–H and O–H groups in total. The van der Waals surface area contributed by atoms with Gasteiger partial charge in [-0.05, 0) is 30.4 Å². The van der Waals surface area contributed by atoms with Crippen LogP contribution in [0.5, 0.6) is 0 Å². The van der Waals surface area contributed by atoms with Gasteiger partial charge in [0.1, 0.15) is 5.00 Å². The van der Waals surface area contributed by atoms with Gasteiger partial charge in [0, 0.05) is 4.88 Å². The van der Waals surface area contributed by atoms with Gasteiger partial charge in [-0.2, -0.15) is 0 Å². The van der Waals surface area contributed by atoms with E-state index in [1.165, 1.54) is 22.7 Å². The first-order chi connectivity index (χ1) is 10.2. The normalized spacial score (nSPS) is 10.4. The number of hydrogen-bond donors (Lipinski definition) is 1. The van der Waals surface area contributed by atoms with E-state index in [9.17, 15) is 9.59 Å². The van der Waals surface area contributed by atoms with Crippen LogP contribution in [0.3, 0.4) is 0 Å². The Morgan fingerprint density at radius 3 is 2.76 bits per heavy atom. The van der Waals surface area contributed by atoms with Crippen molar-refractivity contribution in [3.63, 3.8) is 0 Å². The summed E-state index contributed by atoms with van der Waals surface area (Å²) >= 11 is 2.79. The molecule has 4 nitrogen and oxygen atoms in total. The molecule has 0 aliphatic rings. The van der Waals surface area contributed by atoms with Crippen molar-refractivity contribution in [2.24, 2.45) is 0 Å². The average molecular weight is 323 g/mol. The number of aryl methyl sites for hydroxylation is 1. The molecule has 0 aliphatic carbocycles. The third-order valence-corrected chi connectivity index (χ3v) is 4.82. The molecule has 2 rings (SSSR count). The first kappa shape index (κ1) is 15.7. The third kappa shape index (κ3) is 3.92. The van der Waals surface area contributed by atoms with Crippen LogP contribution in [0.4, 0.5) is 5.00 Å². The highest BCUT2D eigenvalue weighted by atomic mass is 32.1. The van der Waals surface area contributed by atoms with Crippen LogP contribution in [-0.2, 0) is 11.2 Å². The number of ether oxygens (including phenoxy) is 1. The molecule has 0 saturated heterocycles. The van der Waals surface area contributed by atoms with E-state index in [0.717, 1.165) is 17.7 Å². The molecular formula is C15H17NO3S2. The number of thiophene rings is 2. The van der Waals surface area contributed by atoms with Crippen molar-refractivity contribution in [2.45, 2.75) is 26.7 Å². The van der Waals surface area contributed by atoms with Crippen LogP contribution < -0.4 is 5.32 Å². The molecule has 0 spiro atoms. The van der Waals surface area contributed by atoms with E-state index in [4.69, 9.17) is 4.74 Å². The highest BCUT2D eigenvalue weighted by molar-refractivity contribution is 7.17. The quantitative estimate of drug-likeness (QED) is 0.811. The summed E-state index contributed by atoms with van der Waals surface area (Å²) < 4.78 is 5.17. The Kier molecular flexibility index (Phi) is 5.52. The number of hydrogen-bond acceptors (Lipinski definition) is 5. The van der Waals surface area contributed by atoms with Crippen LogP contribution in [-0.4, -0.2) is 18.5 Å². The van der Waals surface area contributed by atoms with Crippen molar-refractivity contribution in [3.8, 4) is 0 Å². The SMILES string of the molecule is CCCOC(=O)c1cc(CC)sc1NC(=O)c1cccs1. The largest absolute Gasteiger partial charge is 0.462 e. The highest BCUT2D eigenvalue weighted by Crippen LogP contribution is 2.30. The Balaban J connectivity index is 2.19. The molecule has 2 aromatic rings. The minimum absolute atomic E-state index is 0.195. The van der Waals surface area contributed by atoms with E-state index in [1.54, 1.807) is 12.1 Å². The van der Waals surface area contributed by atoms with Crippen LogP contribution in [0.1, 0.15) is 45.2 Å². The van der Waals surface area contributed by atoms with Crippen molar-refractivity contribution in [3.05, 3.63) is 38.9 Å². The molecule has 2 heterocycles. The van der Waals surface area contributed by atoms with Crippen molar-refractivity contribution in [1.82, 2.24) is 0 Å². The van der Waals surface area contributed by atoms with Gasteiger partial charge in [-0.3, -0.25) is 4.79 Å². The van der Waals surface area contributed by atoms with E-state index < -0.39 is 0 Å². The zero-order chi connectivity index (χ0) is 15.2. The zero-order valence-electron chi connectivity index (χ0n) is 12.0. The third-order valence-electron chi connectivity index (χ3n) is 2.76. The number of amides is 1. The van der Waals surface area contributed by atoms with Gasteiger partial charge >= 0.3 is 5.97 Å². The van der Waals surface area contributed by atoms with Gasteiger partial charge < -0.3 is 10.1 Å². The molecular weight excluding hydrogens is 306 g/mol. The lowest BCUT2D eigenvalue weighted by molar-refractivity contribution is 0.0507. The molecule has 1 amide bonds. The minimum Gasteiger partial charge on any atom is -0.462 e. The van der Waals surface area contributed by atoms with E-state index in [1.807, 2.05) is 25.3 Å². The number of carbonyl (C=O) groups excluding carboxylic acids is 2. The number of rotatable bonds is 6. The molecule has 6 heteroatoms. The topological polar surface area (TPSA) is 55.4 Å². The average Bonchev–Trinajstić information content (AvgIpc) is 3.13. The van der Waals surface area contributed by atoms with Crippen molar-refractivity contribution < 1.29 is 14.3 Å². The molecule has 112 valence electrons. The van der Waals surface area contributed by atoms with Crippen LogP contribution in [0, 0.1) is 0 Å². The maximum Gasteiger partial charge on any atom is 0.341 e. The molecule has 0 radical (unpaired) electrons. The van der Waals surface area contributed by atoms with Crippen LogP contribution in [0.25, 0.3) is 0 Å². The maximum atomic E-state index is 12.1. The van der Waals surface area contributed by atoms with Gasteiger partial charge in [0.2, 0.25) is 0 Å². The molecule has 0 aliphatic heterocycles. The predicted molar refractivity (Wildman–Crippen MR) is 86.5 cm³/mol. The fourth-order valence-corrected chi connectivity index (χ4v) is 3.30. The molecule has 2 aromatic heterocycles. The van der Waals surface area contributed by atoms with E-state index in [2.05, 4.69) is 5.32 Å². The number of esters is 1. The van der Waals surface area contributed by atoms with Gasteiger partial charge in [-0.25, -0.2) is 4.79 Å². The smallest absolute Gasteiger partial charge is 0.341 e. The van der Waals surface area contributed by atoms with Gasteiger partial charge in [-0.1, -0.05) is 19.9 Å². The lowest BCUT2D eigenvalue weighted by Crippen LogP contribution is -2.13. The van der Waals surface area contributed by atoms with Crippen molar-refractivity contribution in [1.29, 1.82) is 0 Å². The lowest BCUT2D eigenvalue weighted by atomic mass is 10.2. The van der Waals surface area contributed by atoms with Gasteiger partial charge in [0.15, 0.2) is 0 Å². The molecule has 0 bridgehead atoms. The van der Waals surface area contributed by atoms with Gasteiger partial charge in [-0.15, -0.1) is 22.7 Å². The number of anilines is 1. The summed E-state index contributed by atoms with van der Waals surface area (Å²) in [6.45, 7) is 4.34. The second-order valence-electron chi connectivity index (χ2n) is 4.38. The molecule has 0 saturated carbocycles.